The fourth-order valence-electron chi connectivity index (χ4n) is 2.87. The van der Waals surface area contributed by atoms with Crippen LogP contribution >= 0.6 is 0 Å². The molecule has 0 aliphatic carbocycles. The van der Waals surface area contributed by atoms with Crippen molar-refractivity contribution in [2.24, 2.45) is 0 Å². The Kier molecular flexibility index (Phi) is 6.82. The number of aliphatic hydroxyl groups is 1. The molecule has 0 radical (unpaired) electrons. The number of rotatable bonds is 8. The molecule has 0 heterocycles. The molecule has 0 bridgehead atoms. The number of benzene rings is 2. The molecule has 0 aromatic heterocycles. The van der Waals surface area contributed by atoms with Gasteiger partial charge in [-0.25, -0.2) is 0 Å². The molecule has 0 saturated carbocycles. The first-order valence-electron chi connectivity index (χ1n) is 8.24. The second-order valence-corrected chi connectivity index (χ2v) is 5.74. The lowest BCUT2D eigenvalue weighted by Gasteiger charge is -2.20. The van der Waals surface area contributed by atoms with Crippen molar-refractivity contribution in [3.8, 4) is 0 Å². The average molecular weight is 311 g/mol. The lowest BCUT2D eigenvalue weighted by molar-refractivity contribution is -0.122. The summed E-state index contributed by atoms with van der Waals surface area (Å²) in [6.07, 6.45) is 1.41. The summed E-state index contributed by atoms with van der Waals surface area (Å²) in [5, 5.41) is 12.3. The van der Waals surface area contributed by atoms with Gasteiger partial charge in [0.2, 0.25) is 5.91 Å². The van der Waals surface area contributed by atoms with Crippen molar-refractivity contribution in [1.29, 1.82) is 0 Å². The van der Waals surface area contributed by atoms with E-state index in [9.17, 15) is 9.90 Å². The molecule has 2 aromatic rings. The van der Waals surface area contributed by atoms with Gasteiger partial charge >= 0.3 is 0 Å². The van der Waals surface area contributed by atoms with Crippen molar-refractivity contribution < 1.29 is 9.90 Å². The van der Waals surface area contributed by atoms with E-state index in [4.69, 9.17) is 0 Å². The number of aliphatic hydroxyl groups excluding tert-OH is 1. The molecule has 0 spiro atoms. The van der Waals surface area contributed by atoms with Crippen molar-refractivity contribution in [2.45, 2.75) is 31.6 Å². The number of hydrogen-bond acceptors (Lipinski definition) is 2. The Morgan fingerprint density at radius 1 is 1.00 bits per heavy atom. The van der Waals surface area contributed by atoms with Crippen LogP contribution in [0, 0.1) is 0 Å². The van der Waals surface area contributed by atoms with Crippen molar-refractivity contribution in [2.75, 3.05) is 13.2 Å². The first-order valence-corrected chi connectivity index (χ1v) is 8.24. The zero-order valence-corrected chi connectivity index (χ0v) is 13.6. The molecule has 3 heteroatoms. The molecule has 3 nitrogen and oxygen atoms in total. The Morgan fingerprint density at radius 3 is 2.09 bits per heavy atom. The molecule has 0 fully saturated rings. The minimum atomic E-state index is -0.123. The highest BCUT2D eigenvalue weighted by Gasteiger charge is 2.20. The lowest BCUT2D eigenvalue weighted by Crippen LogP contribution is -2.33. The van der Waals surface area contributed by atoms with E-state index in [1.54, 1.807) is 0 Å². The summed E-state index contributed by atoms with van der Waals surface area (Å²) in [4.78, 5) is 12.5. The van der Waals surface area contributed by atoms with Crippen molar-refractivity contribution in [1.82, 2.24) is 5.32 Å². The van der Waals surface area contributed by atoms with Crippen LogP contribution < -0.4 is 5.32 Å². The standard InChI is InChI=1S/C20H25NO2/c1-2-19(17-11-7-4-8-12-17)20(23)21-15-18(13-14-22)16-9-5-3-6-10-16/h3-12,18-19,22H,2,13-15H2,1H3,(H,21,23). The van der Waals surface area contributed by atoms with Gasteiger partial charge in [-0.15, -0.1) is 0 Å². The number of carbonyl (C=O) groups is 1. The fourth-order valence-corrected chi connectivity index (χ4v) is 2.87. The zero-order valence-electron chi connectivity index (χ0n) is 13.6. The van der Waals surface area contributed by atoms with Crippen LogP contribution in [0.5, 0.6) is 0 Å². The van der Waals surface area contributed by atoms with Crippen LogP contribution in [0.3, 0.4) is 0 Å². The number of nitrogens with one attached hydrogen (secondary N) is 1. The SMILES string of the molecule is CCC(C(=O)NCC(CCO)c1ccccc1)c1ccccc1. The Hall–Kier alpha value is -2.13. The van der Waals surface area contributed by atoms with E-state index in [0.717, 1.165) is 17.5 Å². The summed E-state index contributed by atoms with van der Waals surface area (Å²) in [7, 11) is 0. The summed E-state index contributed by atoms with van der Waals surface area (Å²) >= 11 is 0. The molecule has 2 rings (SSSR count). The second kappa shape index (κ2) is 9.11. The number of carbonyl (C=O) groups excluding carboxylic acids is 1. The summed E-state index contributed by atoms with van der Waals surface area (Å²) in [6.45, 7) is 2.69. The first kappa shape index (κ1) is 17.2. The predicted octanol–water partition coefficient (Wildman–Crippen LogP) is 3.46. The maximum atomic E-state index is 12.5. The number of hydrogen-bond donors (Lipinski definition) is 2. The molecule has 2 aromatic carbocycles. The molecular formula is C20H25NO2. The van der Waals surface area contributed by atoms with Crippen LogP contribution in [0.25, 0.3) is 0 Å². The molecule has 122 valence electrons. The van der Waals surface area contributed by atoms with Gasteiger partial charge in [-0.3, -0.25) is 4.79 Å². The van der Waals surface area contributed by atoms with E-state index in [0.29, 0.717) is 13.0 Å². The summed E-state index contributed by atoms with van der Waals surface area (Å²) < 4.78 is 0. The van der Waals surface area contributed by atoms with Crippen LogP contribution in [0.1, 0.15) is 42.7 Å². The highest BCUT2D eigenvalue weighted by molar-refractivity contribution is 5.83. The molecule has 2 N–H and O–H groups in total. The third-order valence-electron chi connectivity index (χ3n) is 4.20. The maximum absolute atomic E-state index is 12.5. The minimum Gasteiger partial charge on any atom is -0.396 e. The summed E-state index contributed by atoms with van der Waals surface area (Å²) in [6, 6.07) is 19.9. The Balaban J connectivity index is 2.00. The molecular weight excluding hydrogens is 286 g/mol. The number of amides is 1. The Bertz CT molecular complexity index is 583. The van der Waals surface area contributed by atoms with Gasteiger partial charge in [-0.1, -0.05) is 67.6 Å². The Morgan fingerprint density at radius 2 is 1.57 bits per heavy atom. The third-order valence-corrected chi connectivity index (χ3v) is 4.20. The van der Waals surface area contributed by atoms with E-state index in [1.165, 1.54) is 0 Å². The molecule has 0 aliphatic rings. The van der Waals surface area contributed by atoms with Crippen LogP contribution in [0.2, 0.25) is 0 Å². The largest absolute Gasteiger partial charge is 0.396 e. The summed E-state index contributed by atoms with van der Waals surface area (Å²) in [5.74, 6) is 0.0674. The van der Waals surface area contributed by atoms with Crippen LogP contribution in [0.15, 0.2) is 60.7 Å². The average Bonchev–Trinajstić information content (AvgIpc) is 2.61. The van der Waals surface area contributed by atoms with Gasteiger partial charge in [0, 0.05) is 19.1 Å². The van der Waals surface area contributed by atoms with Crippen molar-refractivity contribution in [3.63, 3.8) is 0 Å². The van der Waals surface area contributed by atoms with E-state index in [2.05, 4.69) is 5.32 Å². The highest BCUT2D eigenvalue weighted by atomic mass is 16.3. The van der Waals surface area contributed by atoms with E-state index >= 15 is 0 Å². The van der Waals surface area contributed by atoms with E-state index < -0.39 is 0 Å². The minimum absolute atomic E-state index is 0.0533. The van der Waals surface area contributed by atoms with Gasteiger partial charge in [0.15, 0.2) is 0 Å². The zero-order chi connectivity index (χ0) is 16.5. The fraction of sp³-hybridized carbons (Fsp3) is 0.350. The Labute approximate surface area is 138 Å². The molecule has 2 unspecified atom stereocenters. The quantitative estimate of drug-likeness (QED) is 0.784. The molecule has 0 aliphatic heterocycles. The van der Waals surface area contributed by atoms with E-state index in [1.807, 2.05) is 67.6 Å². The van der Waals surface area contributed by atoms with Crippen LogP contribution in [-0.4, -0.2) is 24.2 Å². The van der Waals surface area contributed by atoms with Gasteiger partial charge < -0.3 is 10.4 Å². The van der Waals surface area contributed by atoms with Gasteiger partial charge in [0.25, 0.3) is 0 Å². The van der Waals surface area contributed by atoms with Gasteiger partial charge in [-0.05, 0) is 24.0 Å². The first-order chi connectivity index (χ1) is 11.3. The molecule has 2 atom stereocenters. The van der Waals surface area contributed by atoms with Gasteiger partial charge in [-0.2, -0.15) is 0 Å². The van der Waals surface area contributed by atoms with Crippen molar-refractivity contribution in [3.05, 3.63) is 71.8 Å². The topological polar surface area (TPSA) is 49.3 Å². The summed E-state index contributed by atoms with van der Waals surface area (Å²) in [5.41, 5.74) is 2.19. The monoisotopic (exact) mass is 311 g/mol. The maximum Gasteiger partial charge on any atom is 0.227 e. The third kappa shape index (κ3) is 4.93. The van der Waals surface area contributed by atoms with Gasteiger partial charge in [0.05, 0.1) is 5.92 Å². The smallest absolute Gasteiger partial charge is 0.227 e. The van der Waals surface area contributed by atoms with Crippen LogP contribution in [-0.2, 0) is 4.79 Å². The van der Waals surface area contributed by atoms with E-state index in [-0.39, 0.29) is 24.3 Å². The molecule has 0 saturated heterocycles. The molecule has 23 heavy (non-hydrogen) atoms. The predicted molar refractivity (Wildman–Crippen MR) is 93.4 cm³/mol. The normalized spacial score (nSPS) is 13.3. The van der Waals surface area contributed by atoms with Gasteiger partial charge in [0.1, 0.15) is 0 Å². The molecule has 1 amide bonds. The highest BCUT2D eigenvalue weighted by Crippen LogP contribution is 2.21. The van der Waals surface area contributed by atoms with Crippen LogP contribution in [0.4, 0.5) is 0 Å². The lowest BCUT2D eigenvalue weighted by atomic mass is 9.93. The van der Waals surface area contributed by atoms with Crippen molar-refractivity contribution >= 4 is 5.91 Å². The second-order valence-electron chi connectivity index (χ2n) is 5.74.